The molecule has 1 aliphatic heterocycles. The number of nitrogens with one attached hydrogen (secondary N) is 1. The Morgan fingerprint density at radius 2 is 2.21 bits per heavy atom. The van der Waals surface area contributed by atoms with Gasteiger partial charge in [0.2, 0.25) is 5.89 Å². The molecule has 3 rings (SSSR count). The third-order valence-electron chi connectivity index (χ3n) is 3.41. The van der Waals surface area contributed by atoms with E-state index >= 15 is 0 Å². The van der Waals surface area contributed by atoms with Crippen molar-refractivity contribution in [1.29, 1.82) is 0 Å². The molecule has 1 atom stereocenters. The molecule has 1 N–H and O–H groups in total. The highest BCUT2D eigenvalue weighted by molar-refractivity contribution is 7.90. The van der Waals surface area contributed by atoms with Crippen LogP contribution in [-0.2, 0) is 9.84 Å². The van der Waals surface area contributed by atoms with E-state index < -0.39 is 9.84 Å². The second-order valence-electron chi connectivity index (χ2n) is 4.96. The third-order valence-corrected chi connectivity index (χ3v) is 4.52. The quantitative estimate of drug-likeness (QED) is 0.911. The molecule has 1 fully saturated rings. The summed E-state index contributed by atoms with van der Waals surface area (Å²) in [4.78, 5) is 4.69. The Kier molecular flexibility index (Phi) is 3.06. The van der Waals surface area contributed by atoms with Crippen LogP contribution < -0.4 is 5.32 Å². The monoisotopic (exact) mass is 280 g/mol. The predicted molar refractivity (Wildman–Crippen MR) is 71.7 cm³/mol. The Morgan fingerprint density at radius 3 is 2.89 bits per heavy atom. The Balaban J connectivity index is 2.01. The fourth-order valence-corrected chi connectivity index (χ4v) is 3.01. The van der Waals surface area contributed by atoms with E-state index in [-0.39, 0.29) is 10.9 Å². The lowest BCUT2D eigenvalue weighted by Gasteiger charge is -2.19. The first-order valence-electron chi connectivity index (χ1n) is 6.38. The number of nitrogens with zero attached hydrogens (tertiary/aromatic N) is 1. The fourth-order valence-electron chi connectivity index (χ4n) is 2.37. The fraction of sp³-hybridized carbons (Fsp3) is 0.462. The van der Waals surface area contributed by atoms with E-state index in [9.17, 15) is 8.42 Å². The van der Waals surface area contributed by atoms with Crippen molar-refractivity contribution in [2.75, 3.05) is 12.8 Å². The molecular weight excluding hydrogens is 264 g/mol. The summed E-state index contributed by atoms with van der Waals surface area (Å²) < 4.78 is 28.7. The van der Waals surface area contributed by atoms with Gasteiger partial charge in [0.1, 0.15) is 5.52 Å². The molecule has 1 aromatic carbocycles. The van der Waals surface area contributed by atoms with Crippen LogP contribution in [-0.4, -0.2) is 26.2 Å². The standard InChI is InChI=1S/C13H16N2O3S/c1-19(16,17)9-5-6-12-11(8-9)15-13(18-12)10-4-2-3-7-14-10/h5-6,8,10,14H,2-4,7H2,1H3. The average Bonchev–Trinajstić information content (AvgIpc) is 2.81. The maximum Gasteiger partial charge on any atom is 0.212 e. The van der Waals surface area contributed by atoms with Gasteiger partial charge in [-0.1, -0.05) is 6.42 Å². The summed E-state index contributed by atoms with van der Waals surface area (Å²) in [5.74, 6) is 0.653. The molecule has 5 nitrogen and oxygen atoms in total. The molecule has 2 aromatic rings. The molecule has 1 aromatic heterocycles. The zero-order valence-corrected chi connectivity index (χ0v) is 11.5. The molecule has 1 aliphatic rings. The van der Waals surface area contributed by atoms with Gasteiger partial charge in [0.15, 0.2) is 15.4 Å². The molecule has 102 valence electrons. The van der Waals surface area contributed by atoms with E-state index in [0.717, 1.165) is 19.4 Å². The zero-order chi connectivity index (χ0) is 13.5. The minimum absolute atomic E-state index is 0.142. The zero-order valence-electron chi connectivity index (χ0n) is 10.7. The first-order valence-corrected chi connectivity index (χ1v) is 8.27. The highest BCUT2D eigenvalue weighted by Gasteiger charge is 2.20. The van der Waals surface area contributed by atoms with Crippen LogP contribution in [0.1, 0.15) is 31.2 Å². The van der Waals surface area contributed by atoms with Crippen molar-refractivity contribution >= 4 is 20.9 Å². The average molecular weight is 280 g/mol. The molecule has 0 aliphatic carbocycles. The van der Waals surface area contributed by atoms with Gasteiger partial charge in [-0.15, -0.1) is 0 Å². The highest BCUT2D eigenvalue weighted by atomic mass is 32.2. The number of sulfone groups is 1. The summed E-state index contributed by atoms with van der Waals surface area (Å²) in [6.45, 7) is 0.970. The molecule has 0 spiro atoms. The van der Waals surface area contributed by atoms with Gasteiger partial charge in [0.05, 0.1) is 10.9 Å². The number of aromatic nitrogens is 1. The van der Waals surface area contributed by atoms with Gasteiger partial charge >= 0.3 is 0 Å². The molecule has 1 unspecified atom stereocenters. The Bertz CT molecular complexity index is 700. The number of piperidine rings is 1. The van der Waals surface area contributed by atoms with E-state index in [0.29, 0.717) is 17.0 Å². The predicted octanol–water partition coefficient (Wildman–Crippen LogP) is 2.05. The number of fused-ring (bicyclic) bond motifs is 1. The minimum atomic E-state index is -3.21. The van der Waals surface area contributed by atoms with Gasteiger partial charge in [0, 0.05) is 6.26 Å². The van der Waals surface area contributed by atoms with Crippen molar-refractivity contribution in [2.24, 2.45) is 0 Å². The minimum Gasteiger partial charge on any atom is -0.439 e. The van der Waals surface area contributed by atoms with Gasteiger partial charge in [-0.3, -0.25) is 0 Å². The summed E-state index contributed by atoms with van der Waals surface area (Å²) in [5, 5.41) is 3.37. The summed E-state index contributed by atoms with van der Waals surface area (Å²) in [6.07, 6.45) is 4.53. The van der Waals surface area contributed by atoms with Gasteiger partial charge in [-0.25, -0.2) is 13.4 Å². The van der Waals surface area contributed by atoms with Crippen LogP contribution in [0.5, 0.6) is 0 Å². The first-order chi connectivity index (χ1) is 9.04. The lowest BCUT2D eigenvalue weighted by Crippen LogP contribution is -2.26. The molecule has 1 saturated heterocycles. The van der Waals surface area contributed by atoms with E-state index in [4.69, 9.17) is 4.42 Å². The second kappa shape index (κ2) is 4.61. The Hall–Kier alpha value is -1.40. The van der Waals surface area contributed by atoms with E-state index in [1.54, 1.807) is 18.2 Å². The van der Waals surface area contributed by atoms with E-state index in [1.165, 1.54) is 12.7 Å². The van der Waals surface area contributed by atoms with Gasteiger partial charge in [-0.2, -0.15) is 0 Å². The molecule has 0 radical (unpaired) electrons. The van der Waals surface area contributed by atoms with Crippen molar-refractivity contribution in [3.8, 4) is 0 Å². The van der Waals surface area contributed by atoms with Crippen LogP contribution in [0.15, 0.2) is 27.5 Å². The van der Waals surface area contributed by atoms with Crippen molar-refractivity contribution in [3.05, 3.63) is 24.1 Å². The summed E-state index contributed by atoms with van der Waals surface area (Å²) >= 11 is 0. The summed E-state index contributed by atoms with van der Waals surface area (Å²) in [5.41, 5.74) is 1.24. The Morgan fingerprint density at radius 1 is 1.37 bits per heavy atom. The normalized spacial score (nSPS) is 20.8. The smallest absolute Gasteiger partial charge is 0.212 e. The highest BCUT2D eigenvalue weighted by Crippen LogP contribution is 2.27. The van der Waals surface area contributed by atoms with Crippen LogP contribution in [0.25, 0.3) is 11.1 Å². The van der Waals surface area contributed by atoms with Crippen molar-refractivity contribution in [3.63, 3.8) is 0 Å². The molecule has 0 saturated carbocycles. The maximum atomic E-state index is 11.5. The number of benzene rings is 1. The van der Waals surface area contributed by atoms with Crippen molar-refractivity contribution in [1.82, 2.24) is 10.3 Å². The number of hydrogen-bond donors (Lipinski definition) is 1. The van der Waals surface area contributed by atoms with Crippen LogP contribution in [0, 0.1) is 0 Å². The summed E-state index contributed by atoms with van der Waals surface area (Å²) in [7, 11) is -3.21. The van der Waals surface area contributed by atoms with Crippen molar-refractivity contribution < 1.29 is 12.8 Å². The third kappa shape index (κ3) is 2.50. The van der Waals surface area contributed by atoms with E-state index in [2.05, 4.69) is 10.3 Å². The van der Waals surface area contributed by atoms with Crippen LogP contribution in [0.2, 0.25) is 0 Å². The topological polar surface area (TPSA) is 72.2 Å². The first kappa shape index (κ1) is 12.6. The molecule has 19 heavy (non-hydrogen) atoms. The largest absolute Gasteiger partial charge is 0.439 e. The van der Waals surface area contributed by atoms with E-state index in [1.807, 2.05) is 0 Å². The number of hydrogen-bond acceptors (Lipinski definition) is 5. The molecule has 2 heterocycles. The molecule has 0 amide bonds. The molecule has 0 bridgehead atoms. The van der Waals surface area contributed by atoms with Crippen LogP contribution >= 0.6 is 0 Å². The van der Waals surface area contributed by atoms with Crippen LogP contribution in [0.4, 0.5) is 0 Å². The number of rotatable bonds is 2. The van der Waals surface area contributed by atoms with Gasteiger partial charge < -0.3 is 9.73 Å². The molecular formula is C13H16N2O3S. The summed E-state index contributed by atoms with van der Waals surface area (Å²) in [6, 6.07) is 4.94. The lowest BCUT2D eigenvalue weighted by atomic mass is 10.1. The van der Waals surface area contributed by atoms with Gasteiger partial charge in [-0.05, 0) is 37.6 Å². The van der Waals surface area contributed by atoms with Crippen LogP contribution in [0.3, 0.4) is 0 Å². The second-order valence-corrected chi connectivity index (χ2v) is 6.97. The Labute approximate surface area is 111 Å². The maximum absolute atomic E-state index is 11.5. The van der Waals surface area contributed by atoms with Crippen molar-refractivity contribution in [2.45, 2.75) is 30.2 Å². The lowest BCUT2D eigenvalue weighted by molar-refractivity contribution is 0.347. The SMILES string of the molecule is CS(=O)(=O)c1ccc2oc(C3CCCCN3)nc2c1. The van der Waals surface area contributed by atoms with Gasteiger partial charge in [0.25, 0.3) is 0 Å². The molecule has 6 heteroatoms. The number of oxazole rings is 1.